The van der Waals surface area contributed by atoms with Gasteiger partial charge in [0.1, 0.15) is 5.82 Å². The summed E-state index contributed by atoms with van der Waals surface area (Å²) in [4.78, 5) is 14.2. The van der Waals surface area contributed by atoms with Gasteiger partial charge in [0.05, 0.1) is 12.1 Å². The van der Waals surface area contributed by atoms with Crippen LogP contribution in [0, 0.1) is 0 Å². The van der Waals surface area contributed by atoms with Gasteiger partial charge in [0.25, 0.3) is 0 Å². The van der Waals surface area contributed by atoms with Crippen LogP contribution in [0.2, 0.25) is 5.02 Å². The van der Waals surface area contributed by atoms with Gasteiger partial charge in [0.2, 0.25) is 5.95 Å². The van der Waals surface area contributed by atoms with Crippen molar-refractivity contribution in [3.63, 3.8) is 0 Å². The van der Waals surface area contributed by atoms with Crippen molar-refractivity contribution in [3.05, 3.63) is 59.1 Å². The molecule has 0 spiro atoms. The number of piperazine rings is 1. The van der Waals surface area contributed by atoms with Crippen LogP contribution in [0.1, 0.15) is 5.56 Å². The zero-order valence-corrected chi connectivity index (χ0v) is 16.4. The summed E-state index contributed by atoms with van der Waals surface area (Å²) in [7, 11) is 0. The third-order valence-corrected chi connectivity index (χ3v) is 5.22. The molecule has 6 nitrogen and oxygen atoms in total. The first kappa shape index (κ1) is 18.9. The molecule has 0 radical (unpaired) electrons. The second kappa shape index (κ2) is 8.73. The first-order chi connectivity index (χ1) is 13.7. The third kappa shape index (κ3) is 4.35. The highest BCUT2D eigenvalue weighted by molar-refractivity contribution is 6.30. The largest absolute Gasteiger partial charge is 0.395 e. The Morgan fingerprint density at radius 2 is 1.71 bits per heavy atom. The molecule has 1 aliphatic heterocycles. The Bertz CT molecular complexity index is 926. The minimum absolute atomic E-state index is 0.0665. The normalized spacial score (nSPS) is 15.1. The van der Waals surface area contributed by atoms with Gasteiger partial charge in [0, 0.05) is 49.7 Å². The Hall–Kier alpha value is -2.41. The maximum atomic E-state index is 9.15. The monoisotopic (exact) mass is 397 g/mol. The number of para-hydroxylation sites is 1. The van der Waals surface area contributed by atoms with E-state index in [4.69, 9.17) is 26.7 Å². The van der Waals surface area contributed by atoms with Gasteiger partial charge in [-0.25, -0.2) is 4.98 Å². The molecule has 28 heavy (non-hydrogen) atoms. The number of nitrogens with one attached hydrogen (secondary N) is 1. The summed E-state index contributed by atoms with van der Waals surface area (Å²) in [6.07, 6.45) is 0. The van der Waals surface area contributed by atoms with E-state index in [0.29, 0.717) is 6.54 Å². The number of hydrogen-bond acceptors (Lipinski definition) is 6. The molecule has 7 heteroatoms. The summed E-state index contributed by atoms with van der Waals surface area (Å²) >= 11 is 5.97. The summed E-state index contributed by atoms with van der Waals surface area (Å²) in [5, 5.41) is 14.1. The van der Waals surface area contributed by atoms with Crippen molar-refractivity contribution >= 4 is 34.3 Å². The summed E-state index contributed by atoms with van der Waals surface area (Å²) in [5.41, 5.74) is 2.19. The lowest BCUT2D eigenvalue weighted by molar-refractivity contribution is 0.249. The number of anilines is 2. The third-order valence-electron chi connectivity index (χ3n) is 4.97. The molecule has 0 bridgehead atoms. The second-order valence-corrected chi connectivity index (χ2v) is 7.37. The number of nitrogens with zero attached hydrogens (tertiary/aromatic N) is 4. The number of hydrogen-bond donors (Lipinski definition) is 2. The number of fused-ring (bicyclic) bond motifs is 1. The first-order valence-corrected chi connectivity index (χ1v) is 9.94. The van der Waals surface area contributed by atoms with Gasteiger partial charge in [0.15, 0.2) is 0 Å². The van der Waals surface area contributed by atoms with Crippen LogP contribution in [0.25, 0.3) is 10.9 Å². The molecule has 1 aliphatic rings. The number of rotatable bonds is 6. The van der Waals surface area contributed by atoms with Gasteiger partial charge in [-0.1, -0.05) is 35.9 Å². The number of aliphatic hydroxyl groups is 1. The lowest BCUT2D eigenvalue weighted by atomic mass is 10.2. The number of aromatic nitrogens is 2. The Balaban J connectivity index is 1.46. The smallest absolute Gasteiger partial charge is 0.227 e. The van der Waals surface area contributed by atoms with E-state index in [-0.39, 0.29) is 6.61 Å². The summed E-state index contributed by atoms with van der Waals surface area (Å²) < 4.78 is 0. The van der Waals surface area contributed by atoms with Crippen molar-refractivity contribution in [2.75, 3.05) is 49.5 Å². The van der Waals surface area contributed by atoms with E-state index >= 15 is 0 Å². The fourth-order valence-corrected chi connectivity index (χ4v) is 3.59. The summed E-state index contributed by atoms with van der Waals surface area (Å²) in [5.74, 6) is 1.52. The molecule has 3 aromatic rings. The molecule has 146 valence electrons. The van der Waals surface area contributed by atoms with E-state index in [0.717, 1.165) is 60.4 Å². The van der Waals surface area contributed by atoms with Crippen molar-refractivity contribution in [2.45, 2.75) is 6.54 Å². The maximum absolute atomic E-state index is 9.15. The topological polar surface area (TPSA) is 64.5 Å². The molecule has 0 atom stereocenters. The maximum Gasteiger partial charge on any atom is 0.227 e. The quantitative estimate of drug-likeness (QED) is 0.666. The minimum atomic E-state index is 0.0665. The predicted octanol–water partition coefficient (Wildman–Crippen LogP) is 3.01. The second-order valence-electron chi connectivity index (χ2n) is 6.93. The molecule has 0 aliphatic carbocycles. The van der Waals surface area contributed by atoms with Crippen molar-refractivity contribution in [1.82, 2.24) is 14.9 Å². The van der Waals surface area contributed by atoms with Crippen LogP contribution in [0.15, 0.2) is 48.5 Å². The summed E-state index contributed by atoms with van der Waals surface area (Å²) in [6, 6.07) is 16.0. The molecule has 1 fully saturated rings. The van der Waals surface area contributed by atoms with Crippen LogP contribution < -0.4 is 10.2 Å². The van der Waals surface area contributed by atoms with Crippen LogP contribution in [-0.2, 0) is 6.54 Å². The molecule has 4 rings (SSSR count). The molecule has 0 unspecified atom stereocenters. The van der Waals surface area contributed by atoms with Gasteiger partial charge >= 0.3 is 0 Å². The lowest BCUT2D eigenvalue weighted by Crippen LogP contribution is -2.46. The molecule has 1 saturated heterocycles. The molecule has 1 aromatic heterocycles. The molecule has 2 N–H and O–H groups in total. The standard InChI is InChI=1S/C21H24ClN5O/c22-17-7-5-16(6-8-17)15-26-10-12-27(13-11-26)21-24-19-4-2-1-3-18(19)20(25-21)23-9-14-28/h1-8,28H,9-15H2,(H,23,24,25). The van der Waals surface area contributed by atoms with E-state index in [9.17, 15) is 0 Å². The molecule has 2 aromatic carbocycles. The predicted molar refractivity (Wildman–Crippen MR) is 114 cm³/mol. The van der Waals surface area contributed by atoms with Gasteiger partial charge in [-0.15, -0.1) is 0 Å². The van der Waals surface area contributed by atoms with Gasteiger partial charge in [-0.3, -0.25) is 4.90 Å². The Morgan fingerprint density at radius 1 is 0.964 bits per heavy atom. The van der Waals surface area contributed by atoms with Crippen LogP contribution in [0.3, 0.4) is 0 Å². The Labute approximate surface area is 169 Å². The highest BCUT2D eigenvalue weighted by Gasteiger charge is 2.20. The zero-order valence-electron chi connectivity index (χ0n) is 15.7. The molecule has 0 saturated carbocycles. The molecule has 0 amide bonds. The van der Waals surface area contributed by atoms with Crippen LogP contribution in [0.5, 0.6) is 0 Å². The highest BCUT2D eigenvalue weighted by atomic mass is 35.5. The van der Waals surface area contributed by atoms with Crippen molar-refractivity contribution in [1.29, 1.82) is 0 Å². The van der Waals surface area contributed by atoms with Crippen LogP contribution in [-0.4, -0.2) is 59.3 Å². The van der Waals surface area contributed by atoms with Crippen LogP contribution >= 0.6 is 11.6 Å². The van der Waals surface area contributed by atoms with Crippen molar-refractivity contribution < 1.29 is 5.11 Å². The van der Waals surface area contributed by atoms with E-state index in [1.165, 1.54) is 5.56 Å². The lowest BCUT2D eigenvalue weighted by Gasteiger charge is -2.35. The highest BCUT2D eigenvalue weighted by Crippen LogP contribution is 2.24. The van der Waals surface area contributed by atoms with E-state index in [2.05, 4.69) is 27.2 Å². The average molecular weight is 398 g/mol. The van der Waals surface area contributed by atoms with E-state index in [1.54, 1.807) is 0 Å². The number of aliphatic hydroxyl groups excluding tert-OH is 1. The first-order valence-electron chi connectivity index (χ1n) is 9.56. The Kier molecular flexibility index (Phi) is 5.90. The fourth-order valence-electron chi connectivity index (χ4n) is 3.47. The van der Waals surface area contributed by atoms with Gasteiger partial charge < -0.3 is 15.3 Å². The van der Waals surface area contributed by atoms with E-state index in [1.807, 2.05) is 36.4 Å². The zero-order chi connectivity index (χ0) is 19.3. The number of benzene rings is 2. The van der Waals surface area contributed by atoms with Gasteiger partial charge in [-0.2, -0.15) is 4.98 Å². The van der Waals surface area contributed by atoms with Crippen LogP contribution in [0.4, 0.5) is 11.8 Å². The molecule has 2 heterocycles. The van der Waals surface area contributed by atoms with Crippen molar-refractivity contribution in [2.24, 2.45) is 0 Å². The van der Waals surface area contributed by atoms with E-state index < -0.39 is 0 Å². The summed E-state index contributed by atoms with van der Waals surface area (Å²) in [6.45, 7) is 5.13. The average Bonchev–Trinajstić information content (AvgIpc) is 2.74. The fraction of sp³-hybridized carbons (Fsp3) is 0.333. The van der Waals surface area contributed by atoms with Crippen molar-refractivity contribution in [3.8, 4) is 0 Å². The molecular weight excluding hydrogens is 374 g/mol. The van der Waals surface area contributed by atoms with Gasteiger partial charge in [-0.05, 0) is 29.8 Å². The Morgan fingerprint density at radius 3 is 2.46 bits per heavy atom. The SMILES string of the molecule is OCCNc1nc(N2CCN(Cc3ccc(Cl)cc3)CC2)nc2ccccc12. The number of halogens is 1. The minimum Gasteiger partial charge on any atom is -0.395 e. The molecular formula is C21H24ClN5O.